The molecule has 1 rings (SSSR count). The Balaban J connectivity index is 3.01. The van der Waals surface area contributed by atoms with E-state index in [9.17, 15) is 4.79 Å². The van der Waals surface area contributed by atoms with Gasteiger partial charge >= 0.3 is 0 Å². The molecule has 0 spiro atoms. The van der Waals surface area contributed by atoms with Crippen LogP contribution in [0.25, 0.3) is 0 Å². The summed E-state index contributed by atoms with van der Waals surface area (Å²) in [6.45, 7) is 8.20. The maximum Gasteiger partial charge on any atom is 0.255 e. The van der Waals surface area contributed by atoms with E-state index in [-0.39, 0.29) is 11.9 Å². The average molecular weight is 313 g/mol. The van der Waals surface area contributed by atoms with Crippen LogP contribution in [0.2, 0.25) is 5.02 Å². The summed E-state index contributed by atoms with van der Waals surface area (Å²) in [5.41, 5.74) is 0.495. The molecule has 1 amide bonds. The van der Waals surface area contributed by atoms with E-state index in [0.717, 1.165) is 13.1 Å². The minimum atomic E-state index is -0.0570. The first-order valence-electron chi connectivity index (χ1n) is 7.25. The quantitative estimate of drug-likeness (QED) is 0.840. The Hall–Kier alpha value is -1.33. The summed E-state index contributed by atoms with van der Waals surface area (Å²) >= 11 is 6.15. The first kappa shape index (κ1) is 17.7. The summed E-state index contributed by atoms with van der Waals surface area (Å²) in [7, 11) is 4.00. The highest BCUT2D eigenvalue weighted by molar-refractivity contribution is 6.33. The zero-order chi connectivity index (χ0) is 16.0. The number of carbonyl (C=O) groups excluding carboxylic acids is 1. The van der Waals surface area contributed by atoms with Gasteiger partial charge in [-0.1, -0.05) is 11.6 Å². The number of anilines is 1. The predicted octanol–water partition coefficient (Wildman–Crippen LogP) is 2.58. The minimum Gasteiger partial charge on any atom is -0.370 e. The van der Waals surface area contributed by atoms with Crippen molar-refractivity contribution >= 4 is 23.3 Å². The van der Waals surface area contributed by atoms with Crippen molar-refractivity contribution in [2.75, 3.05) is 39.0 Å². The molecule has 0 bridgehead atoms. The third-order valence-electron chi connectivity index (χ3n) is 3.21. The van der Waals surface area contributed by atoms with Crippen molar-refractivity contribution in [3.8, 4) is 0 Å². The number of hydrogen-bond acceptors (Lipinski definition) is 4. The number of amides is 1. The highest BCUT2D eigenvalue weighted by Crippen LogP contribution is 2.21. The Bertz CT molecular complexity index is 479. The molecule has 0 fully saturated rings. The van der Waals surface area contributed by atoms with Crippen LogP contribution in [-0.4, -0.2) is 60.5 Å². The summed E-state index contributed by atoms with van der Waals surface area (Å²) in [5.74, 6) is 0.611. The molecule has 1 heterocycles. The van der Waals surface area contributed by atoms with Crippen molar-refractivity contribution in [2.45, 2.75) is 26.8 Å². The third kappa shape index (κ3) is 4.86. The standard InChI is InChI=1S/C15H25ClN4O/c1-6-17-14-8-12(13(16)9-18-14)15(21)20(7-2)11(3)10-19(4)5/h8-9,11H,6-7,10H2,1-5H3,(H,17,18). The zero-order valence-corrected chi connectivity index (χ0v) is 14.2. The highest BCUT2D eigenvalue weighted by Gasteiger charge is 2.23. The van der Waals surface area contributed by atoms with Crippen LogP contribution in [0.5, 0.6) is 0 Å². The zero-order valence-electron chi connectivity index (χ0n) is 13.5. The van der Waals surface area contributed by atoms with Crippen LogP contribution in [0.3, 0.4) is 0 Å². The lowest BCUT2D eigenvalue weighted by atomic mass is 10.1. The summed E-state index contributed by atoms with van der Waals surface area (Å²) in [5, 5.41) is 3.49. The average Bonchev–Trinajstić information content (AvgIpc) is 2.41. The molecule has 0 radical (unpaired) electrons. The number of aromatic nitrogens is 1. The molecule has 5 nitrogen and oxygen atoms in total. The normalized spacial score (nSPS) is 12.3. The number of nitrogens with one attached hydrogen (secondary N) is 1. The van der Waals surface area contributed by atoms with Crippen LogP contribution >= 0.6 is 11.6 Å². The Morgan fingerprint density at radius 3 is 2.62 bits per heavy atom. The molecule has 0 aromatic carbocycles. The van der Waals surface area contributed by atoms with Crippen LogP contribution in [0.1, 0.15) is 31.1 Å². The van der Waals surface area contributed by atoms with Gasteiger partial charge in [0.2, 0.25) is 0 Å². The molecule has 0 aliphatic heterocycles. The fraction of sp³-hybridized carbons (Fsp3) is 0.600. The molecule has 6 heteroatoms. The summed E-state index contributed by atoms with van der Waals surface area (Å²) < 4.78 is 0. The second-order valence-electron chi connectivity index (χ2n) is 5.28. The topological polar surface area (TPSA) is 48.5 Å². The molecule has 118 valence electrons. The van der Waals surface area contributed by atoms with E-state index in [1.807, 2.05) is 39.8 Å². The maximum absolute atomic E-state index is 12.7. The lowest BCUT2D eigenvalue weighted by Crippen LogP contribution is -2.43. The number of rotatable bonds is 7. The Kier molecular flexibility index (Phi) is 6.92. The Morgan fingerprint density at radius 2 is 2.10 bits per heavy atom. The molecule has 21 heavy (non-hydrogen) atoms. The number of hydrogen-bond donors (Lipinski definition) is 1. The molecule has 0 aliphatic rings. The van der Waals surface area contributed by atoms with Gasteiger partial charge in [-0.05, 0) is 40.9 Å². The molecular weight excluding hydrogens is 288 g/mol. The first-order valence-corrected chi connectivity index (χ1v) is 7.63. The highest BCUT2D eigenvalue weighted by atomic mass is 35.5. The van der Waals surface area contributed by atoms with E-state index < -0.39 is 0 Å². The number of pyridine rings is 1. The Morgan fingerprint density at radius 1 is 1.43 bits per heavy atom. The fourth-order valence-corrected chi connectivity index (χ4v) is 2.50. The van der Waals surface area contributed by atoms with Crippen LogP contribution < -0.4 is 5.32 Å². The molecule has 0 aliphatic carbocycles. The van der Waals surface area contributed by atoms with Gasteiger partial charge < -0.3 is 15.1 Å². The van der Waals surface area contributed by atoms with E-state index in [2.05, 4.69) is 15.2 Å². The summed E-state index contributed by atoms with van der Waals surface area (Å²) in [4.78, 5) is 20.8. The van der Waals surface area contributed by atoms with E-state index in [1.54, 1.807) is 6.07 Å². The number of halogens is 1. The second kappa shape index (κ2) is 8.20. The molecule has 1 atom stereocenters. The molecule has 0 saturated carbocycles. The van der Waals surface area contributed by atoms with Crippen LogP contribution in [-0.2, 0) is 0 Å². The molecular formula is C15H25ClN4O. The van der Waals surface area contributed by atoms with Crippen LogP contribution in [0.15, 0.2) is 12.3 Å². The predicted molar refractivity (Wildman–Crippen MR) is 88.1 cm³/mol. The van der Waals surface area contributed by atoms with E-state index in [0.29, 0.717) is 22.9 Å². The Labute approximate surface area is 132 Å². The second-order valence-corrected chi connectivity index (χ2v) is 5.69. The molecule has 1 aromatic rings. The smallest absolute Gasteiger partial charge is 0.255 e. The van der Waals surface area contributed by atoms with E-state index in [4.69, 9.17) is 11.6 Å². The van der Waals surface area contributed by atoms with Gasteiger partial charge in [0.05, 0.1) is 10.6 Å². The fourth-order valence-electron chi connectivity index (χ4n) is 2.32. The van der Waals surface area contributed by atoms with Crippen LogP contribution in [0.4, 0.5) is 5.82 Å². The maximum atomic E-state index is 12.7. The number of likely N-dealkylation sites (N-methyl/N-ethyl adjacent to an activating group) is 2. The number of nitrogens with zero attached hydrogens (tertiary/aromatic N) is 3. The van der Waals surface area contributed by atoms with Crippen LogP contribution in [0, 0.1) is 0 Å². The summed E-state index contributed by atoms with van der Waals surface area (Å²) in [6.07, 6.45) is 1.53. The molecule has 1 unspecified atom stereocenters. The van der Waals surface area contributed by atoms with Crippen molar-refractivity contribution in [2.24, 2.45) is 0 Å². The van der Waals surface area contributed by atoms with Gasteiger partial charge in [0, 0.05) is 31.9 Å². The van der Waals surface area contributed by atoms with Gasteiger partial charge in [-0.25, -0.2) is 4.98 Å². The largest absolute Gasteiger partial charge is 0.370 e. The monoisotopic (exact) mass is 312 g/mol. The van der Waals surface area contributed by atoms with Gasteiger partial charge in [0.1, 0.15) is 5.82 Å². The molecule has 1 N–H and O–H groups in total. The van der Waals surface area contributed by atoms with Crippen molar-refractivity contribution in [3.63, 3.8) is 0 Å². The third-order valence-corrected chi connectivity index (χ3v) is 3.51. The first-order chi connectivity index (χ1) is 9.90. The van der Waals surface area contributed by atoms with Gasteiger partial charge in [0.25, 0.3) is 5.91 Å². The lowest BCUT2D eigenvalue weighted by Gasteiger charge is -2.30. The molecule has 0 saturated heterocycles. The number of carbonyl (C=O) groups is 1. The molecule has 1 aromatic heterocycles. The van der Waals surface area contributed by atoms with Crippen molar-refractivity contribution in [1.29, 1.82) is 0 Å². The van der Waals surface area contributed by atoms with Gasteiger partial charge in [-0.2, -0.15) is 0 Å². The van der Waals surface area contributed by atoms with E-state index in [1.165, 1.54) is 6.20 Å². The minimum absolute atomic E-state index is 0.0570. The summed E-state index contributed by atoms with van der Waals surface area (Å²) in [6, 6.07) is 1.84. The van der Waals surface area contributed by atoms with Gasteiger partial charge in [-0.15, -0.1) is 0 Å². The van der Waals surface area contributed by atoms with Gasteiger partial charge in [0.15, 0.2) is 0 Å². The van der Waals surface area contributed by atoms with Crippen molar-refractivity contribution < 1.29 is 4.79 Å². The lowest BCUT2D eigenvalue weighted by molar-refractivity contribution is 0.0679. The van der Waals surface area contributed by atoms with E-state index >= 15 is 0 Å². The SMILES string of the molecule is CCNc1cc(C(=O)N(CC)C(C)CN(C)C)c(Cl)cn1. The van der Waals surface area contributed by atoms with Crippen molar-refractivity contribution in [3.05, 3.63) is 22.8 Å². The van der Waals surface area contributed by atoms with Gasteiger partial charge in [-0.3, -0.25) is 4.79 Å². The van der Waals surface area contributed by atoms with Crippen molar-refractivity contribution in [1.82, 2.24) is 14.8 Å².